The Balaban J connectivity index is 1.92. The van der Waals surface area contributed by atoms with E-state index in [4.69, 9.17) is 0 Å². The summed E-state index contributed by atoms with van der Waals surface area (Å²) in [5, 5.41) is 3.58. The molecule has 0 amide bonds. The zero-order valence-electron chi connectivity index (χ0n) is 12.1. The molecule has 0 saturated carbocycles. The average Bonchev–Trinajstić information content (AvgIpc) is 2.50. The van der Waals surface area contributed by atoms with Crippen LogP contribution in [0.15, 0.2) is 54.6 Å². The highest BCUT2D eigenvalue weighted by atomic mass is 32.2. The van der Waals surface area contributed by atoms with E-state index in [-0.39, 0.29) is 0 Å². The van der Waals surface area contributed by atoms with Crippen molar-refractivity contribution in [2.75, 3.05) is 23.9 Å². The number of nitrogens with one attached hydrogen (secondary N) is 1. The molecule has 0 fully saturated rings. The van der Waals surface area contributed by atoms with E-state index in [0.29, 0.717) is 0 Å². The van der Waals surface area contributed by atoms with E-state index in [9.17, 15) is 0 Å². The maximum atomic E-state index is 3.58. The Kier molecular flexibility index (Phi) is 6.52. The van der Waals surface area contributed by atoms with Gasteiger partial charge in [0, 0.05) is 12.2 Å². The van der Waals surface area contributed by atoms with E-state index in [0.717, 1.165) is 13.0 Å². The quantitative estimate of drug-likeness (QED) is 0.697. The van der Waals surface area contributed by atoms with Gasteiger partial charge in [-0.25, -0.2) is 0 Å². The maximum Gasteiger partial charge on any atom is 0.0376 e. The monoisotopic (exact) mass is 285 g/mol. The van der Waals surface area contributed by atoms with Gasteiger partial charge in [0.2, 0.25) is 0 Å². The van der Waals surface area contributed by atoms with E-state index in [1.807, 2.05) is 11.8 Å². The lowest BCUT2D eigenvalue weighted by molar-refractivity contribution is 0.842. The van der Waals surface area contributed by atoms with Crippen LogP contribution in [0.25, 0.3) is 0 Å². The molecule has 0 aromatic heterocycles. The summed E-state index contributed by atoms with van der Waals surface area (Å²) in [5.41, 5.74) is 4.02. The molecular formula is C18H23NS. The molecule has 0 bridgehead atoms. The number of hydrogen-bond donors (Lipinski definition) is 1. The Morgan fingerprint density at radius 3 is 2.45 bits per heavy atom. The van der Waals surface area contributed by atoms with Crippen LogP contribution in [-0.2, 0) is 6.42 Å². The van der Waals surface area contributed by atoms with E-state index in [1.54, 1.807) is 0 Å². The number of anilines is 1. The zero-order chi connectivity index (χ0) is 14.0. The summed E-state index contributed by atoms with van der Waals surface area (Å²) < 4.78 is 0. The van der Waals surface area contributed by atoms with Gasteiger partial charge in [-0.05, 0) is 48.5 Å². The van der Waals surface area contributed by atoms with Crippen molar-refractivity contribution >= 4 is 17.4 Å². The third kappa shape index (κ3) is 4.93. The average molecular weight is 285 g/mol. The number of unbranched alkanes of at least 4 members (excludes halogenated alkanes) is 1. The van der Waals surface area contributed by atoms with Gasteiger partial charge in [0.25, 0.3) is 0 Å². The SMILES string of the molecule is CSCCCCNc1ccccc1Cc1ccccc1. The molecule has 2 rings (SSSR count). The highest BCUT2D eigenvalue weighted by molar-refractivity contribution is 7.98. The normalized spacial score (nSPS) is 10.4. The third-order valence-electron chi connectivity index (χ3n) is 3.35. The van der Waals surface area contributed by atoms with Crippen molar-refractivity contribution < 1.29 is 0 Å². The van der Waals surface area contributed by atoms with Crippen molar-refractivity contribution in [1.29, 1.82) is 0 Å². The van der Waals surface area contributed by atoms with Crippen LogP contribution >= 0.6 is 11.8 Å². The largest absolute Gasteiger partial charge is 0.385 e. The fraction of sp³-hybridized carbons (Fsp3) is 0.333. The molecule has 0 heterocycles. The van der Waals surface area contributed by atoms with Gasteiger partial charge in [-0.3, -0.25) is 0 Å². The minimum Gasteiger partial charge on any atom is -0.385 e. The Hall–Kier alpha value is -1.41. The molecule has 0 aliphatic rings. The lowest BCUT2D eigenvalue weighted by Gasteiger charge is -2.12. The molecule has 0 saturated heterocycles. The number of thioether (sulfide) groups is 1. The molecule has 20 heavy (non-hydrogen) atoms. The predicted molar refractivity (Wildman–Crippen MR) is 91.8 cm³/mol. The van der Waals surface area contributed by atoms with Gasteiger partial charge in [-0.1, -0.05) is 48.5 Å². The fourth-order valence-electron chi connectivity index (χ4n) is 2.26. The second-order valence-corrected chi connectivity index (χ2v) is 5.93. The predicted octanol–water partition coefficient (Wildman–Crippen LogP) is 4.83. The fourth-order valence-corrected chi connectivity index (χ4v) is 2.75. The molecule has 2 heteroatoms. The smallest absolute Gasteiger partial charge is 0.0376 e. The topological polar surface area (TPSA) is 12.0 Å². The first-order valence-corrected chi connectivity index (χ1v) is 8.64. The number of rotatable bonds is 8. The van der Waals surface area contributed by atoms with Crippen LogP contribution in [-0.4, -0.2) is 18.6 Å². The van der Waals surface area contributed by atoms with Crippen LogP contribution in [0.5, 0.6) is 0 Å². The van der Waals surface area contributed by atoms with Crippen molar-refractivity contribution in [3.8, 4) is 0 Å². The minimum absolute atomic E-state index is 0.995. The minimum atomic E-state index is 0.995. The summed E-state index contributed by atoms with van der Waals surface area (Å²) in [7, 11) is 0. The Morgan fingerprint density at radius 1 is 0.900 bits per heavy atom. The molecule has 0 aliphatic carbocycles. The van der Waals surface area contributed by atoms with Gasteiger partial charge in [0.1, 0.15) is 0 Å². The molecule has 2 aromatic rings. The van der Waals surface area contributed by atoms with Gasteiger partial charge in [-0.2, -0.15) is 11.8 Å². The van der Waals surface area contributed by atoms with Crippen LogP contribution in [0.2, 0.25) is 0 Å². The number of hydrogen-bond acceptors (Lipinski definition) is 2. The summed E-state index contributed by atoms with van der Waals surface area (Å²) in [6.45, 7) is 1.06. The third-order valence-corrected chi connectivity index (χ3v) is 4.04. The summed E-state index contributed by atoms with van der Waals surface area (Å²) in [5.74, 6) is 1.26. The van der Waals surface area contributed by atoms with Crippen LogP contribution in [0.1, 0.15) is 24.0 Å². The zero-order valence-corrected chi connectivity index (χ0v) is 13.0. The standard InChI is InChI=1S/C18H23NS/c1-20-14-8-7-13-19-18-12-6-5-11-17(18)15-16-9-3-2-4-10-16/h2-6,9-12,19H,7-8,13-15H2,1H3. The van der Waals surface area contributed by atoms with E-state index >= 15 is 0 Å². The highest BCUT2D eigenvalue weighted by Gasteiger charge is 2.02. The van der Waals surface area contributed by atoms with Crippen molar-refractivity contribution in [1.82, 2.24) is 0 Å². The summed E-state index contributed by atoms with van der Waals surface area (Å²) in [6, 6.07) is 19.3. The second-order valence-electron chi connectivity index (χ2n) is 4.95. The van der Waals surface area contributed by atoms with Gasteiger partial charge in [-0.15, -0.1) is 0 Å². The first kappa shape index (κ1) is 15.0. The van der Waals surface area contributed by atoms with Gasteiger partial charge >= 0.3 is 0 Å². The summed E-state index contributed by atoms with van der Waals surface area (Å²) in [4.78, 5) is 0. The molecule has 0 radical (unpaired) electrons. The summed E-state index contributed by atoms with van der Waals surface area (Å²) >= 11 is 1.93. The Morgan fingerprint density at radius 2 is 1.65 bits per heavy atom. The lowest BCUT2D eigenvalue weighted by Crippen LogP contribution is -2.05. The first-order chi connectivity index (χ1) is 9.90. The van der Waals surface area contributed by atoms with Crippen molar-refractivity contribution in [3.63, 3.8) is 0 Å². The van der Waals surface area contributed by atoms with Gasteiger partial charge in [0.15, 0.2) is 0 Å². The maximum absolute atomic E-state index is 3.58. The Bertz CT molecular complexity index is 496. The van der Waals surface area contributed by atoms with Gasteiger partial charge < -0.3 is 5.32 Å². The van der Waals surface area contributed by atoms with E-state index in [1.165, 1.54) is 35.4 Å². The van der Waals surface area contributed by atoms with Crippen molar-refractivity contribution in [3.05, 3.63) is 65.7 Å². The molecular weight excluding hydrogens is 262 g/mol. The van der Waals surface area contributed by atoms with Crippen molar-refractivity contribution in [2.45, 2.75) is 19.3 Å². The highest BCUT2D eigenvalue weighted by Crippen LogP contribution is 2.19. The number of para-hydroxylation sites is 1. The summed E-state index contributed by atoms with van der Waals surface area (Å²) in [6.07, 6.45) is 5.69. The molecule has 106 valence electrons. The second kappa shape index (κ2) is 8.70. The molecule has 2 aromatic carbocycles. The molecule has 0 atom stereocenters. The Labute approximate surface area is 126 Å². The van der Waals surface area contributed by atoms with Crippen molar-refractivity contribution in [2.24, 2.45) is 0 Å². The molecule has 0 unspecified atom stereocenters. The molecule has 0 spiro atoms. The number of benzene rings is 2. The molecule has 1 nitrogen and oxygen atoms in total. The van der Waals surface area contributed by atoms with E-state index in [2.05, 4.69) is 66.2 Å². The molecule has 0 aliphatic heterocycles. The van der Waals surface area contributed by atoms with Crippen LogP contribution in [0.3, 0.4) is 0 Å². The lowest BCUT2D eigenvalue weighted by atomic mass is 10.0. The van der Waals surface area contributed by atoms with Crippen LogP contribution < -0.4 is 5.32 Å². The van der Waals surface area contributed by atoms with Gasteiger partial charge in [0.05, 0.1) is 0 Å². The molecule has 1 N–H and O–H groups in total. The van der Waals surface area contributed by atoms with Crippen LogP contribution in [0, 0.1) is 0 Å². The first-order valence-electron chi connectivity index (χ1n) is 7.25. The van der Waals surface area contributed by atoms with Crippen LogP contribution in [0.4, 0.5) is 5.69 Å². The van der Waals surface area contributed by atoms with E-state index < -0.39 is 0 Å².